The lowest BCUT2D eigenvalue weighted by atomic mass is 9.81. The molecule has 2 aliphatic rings. The van der Waals surface area contributed by atoms with Gasteiger partial charge in [0.1, 0.15) is 17.5 Å². The van der Waals surface area contributed by atoms with E-state index >= 15 is 4.39 Å². The first-order chi connectivity index (χ1) is 28.2. The number of carboxylic acid groups (broad SMARTS) is 1. The van der Waals surface area contributed by atoms with Gasteiger partial charge in [0.2, 0.25) is 17.6 Å². The van der Waals surface area contributed by atoms with Crippen LogP contribution >= 0.6 is 0 Å². The third-order valence-corrected chi connectivity index (χ3v) is 10.6. The summed E-state index contributed by atoms with van der Waals surface area (Å²) in [5.74, 6) is -1.65. The molecule has 1 aromatic heterocycles. The molecule has 1 saturated heterocycles. The van der Waals surface area contributed by atoms with Gasteiger partial charge < -0.3 is 36.0 Å². The number of amides is 5. The summed E-state index contributed by atoms with van der Waals surface area (Å²) < 4.78 is 21.2. The number of nitrogens with zero attached hydrogens (tertiary/aromatic N) is 4. The van der Waals surface area contributed by atoms with Gasteiger partial charge in [0, 0.05) is 54.8 Å². The quantitative estimate of drug-likeness (QED) is 0.105. The number of aromatic amines is 1. The average Bonchev–Trinajstić information content (AvgIpc) is 3.76. The lowest BCUT2D eigenvalue weighted by molar-refractivity contribution is -0.130. The number of halogens is 1. The summed E-state index contributed by atoms with van der Waals surface area (Å²) in [5, 5.41) is 34.7. The fourth-order valence-electron chi connectivity index (χ4n) is 7.35. The Kier molecular flexibility index (Phi) is 13.5. The van der Waals surface area contributed by atoms with Crippen molar-refractivity contribution in [1.29, 1.82) is 0 Å². The molecule has 5 amide bonds. The van der Waals surface area contributed by atoms with Crippen LogP contribution in [0.4, 0.5) is 19.7 Å². The number of rotatable bonds is 12. The fourth-order valence-corrected chi connectivity index (χ4v) is 7.35. The molecular formula is C42H50FN9O7. The molecule has 6 N–H and O–H groups in total. The van der Waals surface area contributed by atoms with Crippen molar-refractivity contribution in [2.24, 2.45) is 11.8 Å². The van der Waals surface area contributed by atoms with Gasteiger partial charge in [0.15, 0.2) is 0 Å². The molecule has 17 heteroatoms. The molecule has 1 aliphatic carbocycles. The van der Waals surface area contributed by atoms with Gasteiger partial charge in [-0.25, -0.2) is 14.0 Å². The van der Waals surface area contributed by atoms with E-state index in [0.29, 0.717) is 60.4 Å². The third kappa shape index (κ3) is 11.6. The van der Waals surface area contributed by atoms with Crippen molar-refractivity contribution in [3.63, 3.8) is 0 Å². The number of ether oxygens (including phenoxy) is 1. The van der Waals surface area contributed by atoms with E-state index in [1.807, 2.05) is 0 Å². The number of carbonyl (C=O) groups is 5. The Morgan fingerprint density at radius 3 is 2.22 bits per heavy atom. The molecule has 2 heterocycles. The SMILES string of the molecule is CC(C)(C)OC(=O)NC[C@H]1CC[C@H](C(=O)N[C@@H](Cc2ccc(-c3cccc(C(=O)NC4CCN(C(=O)O)CC4)c3F)cc2)C(=O)Nc2ccc(-c3nn[nH]n3)cc2)CC1. The second kappa shape index (κ2) is 18.9. The summed E-state index contributed by atoms with van der Waals surface area (Å²) in [4.78, 5) is 65.3. The number of piperidine rings is 1. The zero-order valence-electron chi connectivity index (χ0n) is 33.3. The van der Waals surface area contributed by atoms with E-state index in [1.165, 1.54) is 11.0 Å². The largest absolute Gasteiger partial charge is 0.465 e. The Morgan fingerprint density at radius 1 is 0.915 bits per heavy atom. The van der Waals surface area contributed by atoms with Crippen LogP contribution < -0.4 is 21.3 Å². The Balaban J connectivity index is 1.11. The lowest BCUT2D eigenvalue weighted by Crippen LogP contribution is -2.48. The van der Waals surface area contributed by atoms with Crippen molar-refractivity contribution < 1.29 is 38.2 Å². The molecule has 0 unspecified atom stereocenters. The molecule has 4 aromatic rings. The van der Waals surface area contributed by atoms with E-state index in [1.54, 1.807) is 81.4 Å². The van der Waals surface area contributed by atoms with Crippen LogP contribution in [0.5, 0.6) is 0 Å². The minimum Gasteiger partial charge on any atom is -0.465 e. The maximum Gasteiger partial charge on any atom is 0.407 e. The summed E-state index contributed by atoms with van der Waals surface area (Å²) in [7, 11) is 0. The van der Waals surface area contributed by atoms with Crippen molar-refractivity contribution in [1.82, 2.24) is 41.5 Å². The zero-order valence-corrected chi connectivity index (χ0v) is 33.3. The summed E-state index contributed by atoms with van der Waals surface area (Å²) in [5.41, 5.74) is 1.92. The van der Waals surface area contributed by atoms with E-state index in [4.69, 9.17) is 4.74 Å². The van der Waals surface area contributed by atoms with Crippen molar-refractivity contribution >= 4 is 35.6 Å². The molecule has 312 valence electrons. The van der Waals surface area contributed by atoms with E-state index in [-0.39, 0.29) is 54.4 Å². The van der Waals surface area contributed by atoms with Gasteiger partial charge in [-0.1, -0.05) is 36.4 Å². The number of hydrogen-bond acceptors (Lipinski definition) is 9. The number of hydrogen-bond donors (Lipinski definition) is 6. The van der Waals surface area contributed by atoms with Crippen LogP contribution in [-0.2, 0) is 20.7 Å². The van der Waals surface area contributed by atoms with Crippen molar-refractivity contribution in [2.45, 2.75) is 83.4 Å². The lowest BCUT2D eigenvalue weighted by Gasteiger charge is -2.30. The maximum atomic E-state index is 15.9. The number of tetrazole rings is 1. The summed E-state index contributed by atoms with van der Waals surface area (Å²) in [6, 6.07) is 17.2. The number of carbonyl (C=O) groups excluding carboxylic acids is 4. The standard InChI is InChI=1S/C42H50FN9O7/c1-42(2,3)59-40(56)44-24-26-9-13-29(14-10-26)37(53)47-34(39(55)46-30-17-15-28(16-18-30)36-48-50-51-49-36)23-25-7-11-27(12-8-25)32-5-4-6-33(35(32)43)38(54)45-31-19-21-52(22-20-31)41(57)58/h4-8,11-12,15-18,26,29,31,34H,9-10,13-14,19-24H2,1-3H3,(H,44,56)(H,45,54)(H,46,55)(H,47,53)(H,57,58)(H,48,49,50,51)/t26-,29-,34-/m0/s1. The molecule has 0 radical (unpaired) electrons. The number of benzene rings is 3. The number of likely N-dealkylation sites (tertiary alicyclic amines) is 1. The predicted molar refractivity (Wildman–Crippen MR) is 215 cm³/mol. The van der Waals surface area contributed by atoms with Crippen LogP contribution in [0, 0.1) is 17.7 Å². The molecule has 6 rings (SSSR count). The molecule has 1 atom stereocenters. The van der Waals surface area contributed by atoms with Crippen molar-refractivity contribution in [3.05, 3.63) is 83.7 Å². The summed E-state index contributed by atoms with van der Waals surface area (Å²) >= 11 is 0. The van der Waals surface area contributed by atoms with Gasteiger partial charge in [0.25, 0.3) is 5.91 Å². The zero-order chi connectivity index (χ0) is 42.1. The van der Waals surface area contributed by atoms with Crippen LogP contribution in [0.3, 0.4) is 0 Å². The first-order valence-electron chi connectivity index (χ1n) is 19.8. The molecule has 59 heavy (non-hydrogen) atoms. The van der Waals surface area contributed by atoms with E-state index in [2.05, 4.69) is 41.9 Å². The van der Waals surface area contributed by atoms with Gasteiger partial charge >= 0.3 is 12.2 Å². The minimum absolute atomic E-state index is 0.120. The maximum absolute atomic E-state index is 15.9. The van der Waals surface area contributed by atoms with Crippen LogP contribution in [-0.4, -0.2) is 97.9 Å². The molecule has 16 nitrogen and oxygen atoms in total. The van der Waals surface area contributed by atoms with Crippen LogP contribution in [0.2, 0.25) is 0 Å². The topological polar surface area (TPSA) is 221 Å². The monoisotopic (exact) mass is 811 g/mol. The average molecular weight is 812 g/mol. The molecule has 0 spiro atoms. The predicted octanol–water partition coefficient (Wildman–Crippen LogP) is 5.54. The highest BCUT2D eigenvalue weighted by atomic mass is 19.1. The second-order valence-electron chi connectivity index (χ2n) is 16.0. The number of H-pyrrole nitrogens is 1. The molecular weight excluding hydrogens is 762 g/mol. The Hall–Kier alpha value is -6.39. The van der Waals surface area contributed by atoms with E-state index in [0.717, 1.165) is 12.8 Å². The Morgan fingerprint density at radius 2 is 1.59 bits per heavy atom. The molecule has 0 bridgehead atoms. The third-order valence-electron chi connectivity index (χ3n) is 10.6. The molecule has 2 fully saturated rings. The van der Waals surface area contributed by atoms with Crippen molar-refractivity contribution in [3.8, 4) is 22.5 Å². The fraction of sp³-hybridized carbons (Fsp3) is 0.429. The Labute approximate surface area is 341 Å². The summed E-state index contributed by atoms with van der Waals surface area (Å²) in [6.07, 6.45) is 2.18. The van der Waals surface area contributed by atoms with Crippen molar-refractivity contribution in [2.75, 3.05) is 25.0 Å². The number of alkyl carbamates (subject to hydrolysis) is 1. The van der Waals surface area contributed by atoms with Gasteiger partial charge in [-0.05, 0) is 112 Å². The molecule has 3 aromatic carbocycles. The Bertz CT molecular complexity index is 2090. The van der Waals surface area contributed by atoms with Crippen LogP contribution in [0.25, 0.3) is 22.5 Å². The van der Waals surface area contributed by atoms with Gasteiger partial charge in [-0.3, -0.25) is 14.4 Å². The highest BCUT2D eigenvalue weighted by molar-refractivity contribution is 5.98. The summed E-state index contributed by atoms with van der Waals surface area (Å²) in [6.45, 7) is 6.43. The number of nitrogens with one attached hydrogen (secondary N) is 5. The van der Waals surface area contributed by atoms with Crippen LogP contribution in [0.15, 0.2) is 66.7 Å². The highest BCUT2D eigenvalue weighted by Crippen LogP contribution is 2.30. The number of aromatic nitrogens is 4. The van der Waals surface area contributed by atoms with E-state index in [9.17, 15) is 29.1 Å². The molecule has 1 aliphatic heterocycles. The van der Waals surface area contributed by atoms with E-state index < -0.39 is 41.5 Å². The smallest absolute Gasteiger partial charge is 0.407 e. The van der Waals surface area contributed by atoms with Gasteiger partial charge in [-0.15, -0.1) is 10.2 Å². The van der Waals surface area contributed by atoms with Crippen LogP contribution in [0.1, 0.15) is 75.2 Å². The van der Waals surface area contributed by atoms with Gasteiger partial charge in [-0.2, -0.15) is 5.21 Å². The first-order valence-corrected chi connectivity index (χ1v) is 19.8. The first kappa shape index (κ1) is 42.2. The highest BCUT2D eigenvalue weighted by Gasteiger charge is 2.31. The normalized spacial score (nSPS) is 17.7. The van der Waals surface area contributed by atoms with Gasteiger partial charge in [0.05, 0.1) is 5.56 Å². The second-order valence-corrected chi connectivity index (χ2v) is 16.0. The molecule has 1 saturated carbocycles. The number of anilines is 1. The minimum atomic E-state index is -1.01.